The maximum Gasteiger partial charge on any atom is 0.335 e. The second-order valence-electron chi connectivity index (χ2n) is 3.88. The van der Waals surface area contributed by atoms with Crippen LogP contribution >= 0.6 is 0 Å². The summed E-state index contributed by atoms with van der Waals surface area (Å²) in [5, 5.41) is 11.6. The van der Waals surface area contributed by atoms with E-state index in [2.05, 4.69) is 11.2 Å². The molecule has 0 radical (unpaired) electrons. The van der Waals surface area contributed by atoms with Gasteiger partial charge in [0.1, 0.15) is 0 Å². The number of terminal acetylenes is 1. The van der Waals surface area contributed by atoms with Gasteiger partial charge < -0.3 is 15.3 Å². The van der Waals surface area contributed by atoms with Gasteiger partial charge in [0.25, 0.3) is 0 Å². The third-order valence-electron chi connectivity index (χ3n) is 2.57. The molecule has 0 aliphatic heterocycles. The van der Waals surface area contributed by atoms with Crippen molar-refractivity contribution >= 4 is 12.0 Å². The number of urea groups is 1. The smallest absolute Gasteiger partial charge is 0.335 e. The Bertz CT molecular complexity index is 506. The number of nitrogens with one attached hydrogen (secondary N) is 1. The SMILES string of the molecule is C#CCN(CC)C(=O)NCc1cccc(C(=O)O)c1. The third-order valence-corrected chi connectivity index (χ3v) is 2.57. The van der Waals surface area contributed by atoms with E-state index in [1.54, 1.807) is 12.1 Å². The number of aromatic carboxylic acids is 1. The summed E-state index contributed by atoms with van der Waals surface area (Å²) >= 11 is 0. The average Bonchev–Trinajstić information content (AvgIpc) is 2.42. The molecule has 0 atom stereocenters. The van der Waals surface area contributed by atoms with Crippen molar-refractivity contribution in [3.05, 3.63) is 35.4 Å². The van der Waals surface area contributed by atoms with Gasteiger partial charge in [0.15, 0.2) is 0 Å². The van der Waals surface area contributed by atoms with Crippen LogP contribution < -0.4 is 5.32 Å². The number of benzene rings is 1. The highest BCUT2D eigenvalue weighted by molar-refractivity contribution is 5.87. The van der Waals surface area contributed by atoms with Crippen molar-refractivity contribution in [2.24, 2.45) is 0 Å². The molecule has 5 nitrogen and oxygen atoms in total. The van der Waals surface area contributed by atoms with Crippen LogP contribution in [0.25, 0.3) is 0 Å². The Morgan fingerprint density at radius 3 is 2.79 bits per heavy atom. The third kappa shape index (κ3) is 4.36. The highest BCUT2D eigenvalue weighted by Gasteiger charge is 2.10. The highest BCUT2D eigenvalue weighted by Crippen LogP contribution is 2.05. The van der Waals surface area contributed by atoms with Gasteiger partial charge in [-0.3, -0.25) is 0 Å². The molecule has 100 valence electrons. The van der Waals surface area contributed by atoms with E-state index < -0.39 is 5.97 Å². The maximum atomic E-state index is 11.8. The molecule has 2 N–H and O–H groups in total. The average molecular weight is 260 g/mol. The van der Waals surface area contributed by atoms with Crippen LogP contribution in [-0.2, 0) is 6.54 Å². The van der Waals surface area contributed by atoms with Gasteiger partial charge in [-0.05, 0) is 24.6 Å². The molecule has 19 heavy (non-hydrogen) atoms. The molecule has 0 heterocycles. The molecule has 0 aromatic heterocycles. The summed E-state index contributed by atoms with van der Waals surface area (Å²) in [4.78, 5) is 24.1. The van der Waals surface area contributed by atoms with Crippen molar-refractivity contribution in [3.63, 3.8) is 0 Å². The van der Waals surface area contributed by atoms with E-state index in [1.807, 2.05) is 6.92 Å². The molecule has 0 fully saturated rings. The number of amides is 2. The van der Waals surface area contributed by atoms with Crippen LogP contribution in [0.4, 0.5) is 4.79 Å². The Morgan fingerprint density at radius 2 is 2.21 bits per heavy atom. The number of hydrogen-bond donors (Lipinski definition) is 2. The zero-order chi connectivity index (χ0) is 14.3. The first kappa shape index (κ1) is 14.6. The summed E-state index contributed by atoms with van der Waals surface area (Å²) in [5.74, 6) is 1.42. The maximum absolute atomic E-state index is 11.8. The van der Waals surface area contributed by atoms with Crippen LogP contribution in [0.15, 0.2) is 24.3 Å². The number of carbonyl (C=O) groups excluding carboxylic acids is 1. The number of carboxylic acid groups (broad SMARTS) is 1. The predicted molar refractivity (Wildman–Crippen MR) is 71.7 cm³/mol. The molecule has 1 rings (SSSR count). The van der Waals surface area contributed by atoms with E-state index in [-0.39, 0.29) is 24.7 Å². The number of carbonyl (C=O) groups is 2. The molecule has 0 bridgehead atoms. The summed E-state index contributed by atoms with van der Waals surface area (Å²) in [7, 11) is 0. The largest absolute Gasteiger partial charge is 0.478 e. The Hall–Kier alpha value is -2.48. The Labute approximate surface area is 112 Å². The number of rotatable bonds is 5. The van der Waals surface area contributed by atoms with Crippen LogP contribution in [0.5, 0.6) is 0 Å². The fraction of sp³-hybridized carbons (Fsp3) is 0.286. The molecule has 0 saturated heterocycles. The highest BCUT2D eigenvalue weighted by atomic mass is 16.4. The predicted octanol–water partition coefficient (Wildman–Crippen LogP) is 1.55. The number of nitrogens with zero attached hydrogens (tertiary/aromatic N) is 1. The Morgan fingerprint density at radius 1 is 1.47 bits per heavy atom. The first-order valence-electron chi connectivity index (χ1n) is 5.87. The zero-order valence-electron chi connectivity index (χ0n) is 10.7. The van der Waals surface area contributed by atoms with E-state index in [0.29, 0.717) is 6.54 Å². The quantitative estimate of drug-likeness (QED) is 0.789. The molecule has 0 saturated carbocycles. The van der Waals surface area contributed by atoms with Gasteiger partial charge in [0.05, 0.1) is 12.1 Å². The van der Waals surface area contributed by atoms with E-state index in [0.717, 1.165) is 5.56 Å². The number of hydrogen-bond acceptors (Lipinski definition) is 2. The van der Waals surface area contributed by atoms with Crippen LogP contribution in [-0.4, -0.2) is 35.1 Å². The van der Waals surface area contributed by atoms with Crippen molar-refractivity contribution in [1.29, 1.82) is 0 Å². The topological polar surface area (TPSA) is 69.6 Å². The molecule has 0 spiro atoms. The van der Waals surface area contributed by atoms with E-state index in [9.17, 15) is 9.59 Å². The molecular formula is C14H16N2O3. The van der Waals surface area contributed by atoms with Crippen LogP contribution in [0, 0.1) is 12.3 Å². The van der Waals surface area contributed by atoms with E-state index >= 15 is 0 Å². The number of carboxylic acids is 1. The van der Waals surface area contributed by atoms with E-state index in [1.165, 1.54) is 17.0 Å². The van der Waals surface area contributed by atoms with Gasteiger partial charge in [-0.2, -0.15) is 0 Å². The lowest BCUT2D eigenvalue weighted by atomic mass is 10.1. The second-order valence-corrected chi connectivity index (χ2v) is 3.88. The fourth-order valence-electron chi connectivity index (χ4n) is 1.54. The van der Waals surface area contributed by atoms with Gasteiger partial charge in [-0.15, -0.1) is 6.42 Å². The van der Waals surface area contributed by atoms with Crippen molar-refractivity contribution in [2.45, 2.75) is 13.5 Å². The van der Waals surface area contributed by atoms with Crippen LogP contribution in [0.3, 0.4) is 0 Å². The normalized spacial score (nSPS) is 9.47. The van der Waals surface area contributed by atoms with Crippen molar-refractivity contribution in [2.75, 3.05) is 13.1 Å². The first-order chi connectivity index (χ1) is 9.08. The van der Waals surface area contributed by atoms with Gasteiger partial charge >= 0.3 is 12.0 Å². The molecule has 0 aliphatic carbocycles. The Balaban J connectivity index is 2.61. The van der Waals surface area contributed by atoms with Crippen LogP contribution in [0.1, 0.15) is 22.8 Å². The summed E-state index contributed by atoms with van der Waals surface area (Å²) in [6.45, 7) is 2.87. The van der Waals surface area contributed by atoms with Gasteiger partial charge in [-0.1, -0.05) is 18.1 Å². The molecule has 0 aliphatic rings. The van der Waals surface area contributed by atoms with Crippen LogP contribution in [0.2, 0.25) is 0 Å². The standard InChI is InChI=1S/C14H16N2O3/c1-3-8-16(4-2)14(19)15-10-11-6-5-7-12(9-11)13(17)18/h1,5-7,9H,4,8,10H2,2H3,(H,15,19)(H,17,18). The van der Waals surface area contributed by atoms with Crippen molar-refractivity contribution in [3.8, 4) is 12.3 Å². The molecule has 1 aromatic rings. The fourth-order valence-corrected chi connectivity index (χ4v) is 1.54. The summed E-state index contributed by atoms with van der Waals surface area (Å²) in [6.07, 6.45) is 5.17. The lowest BCUT2D eigenvalue weighted by Gasteiger charge is -2.18. The van der Waals surface area contributed by atoms with Crippen molar-refractivity contribution < 1.29 is 14.7 Å². The first-order valence-corrected chi connectivity index (χ1v) is 5.87. The monoisotopic (exact) mass is 260 g/mol. The Kier molecular flexibility index (Phi) is 5.42. The van der Waals surface area contributed by atoms with E-state index in [4.69, 9.17) is 11.5 Å². The minimum atomic E-state index is -0.990. The minimum absolute atomic E-state index is 0.197. The van der Waals surface area contributed by atoms with Crippen molar-refractivity contribution in [1.82, 2.24) is 10.2 Å². The summed E-state index contributed by atoms with van der Waals surface area (Å²) < 4.78 is 0. The van der Waals surface area contributed by atoms with Gasteiger partial charge in [-0.25, -0.2) is 9.59 Å². The zero-order valence-corrected chi connectivity index (χ0v) is 10.7. The van der Waals surface area contributed by atoms with Gasteiger partial charge in [0, 0.05) is 13.1 Å². The van der Waals surface area contributed by atoms with Gasteiger partial charge in [0.2, 0.25) is 0 Å². The molecule has 2 amide bonds. The second kappa shape index (κ2) is 7.07. The minimum Gasteiger partial charge on any atom is -0.478 e. The summed E-state index contributed by atoms with van der Waals surface area (Å²) in [6, 6.07) is 6.17. The molecule has 1 aromatic carbocycles. The lowest BCUT2D eigenvalue weighted by Crippen LogP contribution is -2.39. The molecule has 5 heteroatoms. The molecular weight excluding hydrogens is 244 g/mol. The summed E-state index contributed by atoms with van der Waals surface area (Å²) in [5.41, 5.74) is 0.924. The lowest BCUT2D eigenvalue weighted by molar-refractivity contribution is 0.0696. The molecule has 0 unspecified atom stereocenters.